The van der Waals surface area contributed by atoms with Crippen molar-refractivity contribution < 1.29 is 18.8 Å². The van der Waals surface area contributed by atoms with Crippen LogP contribution in [-0.4, -0.2) is 24.3 Å². The molecule has 0 aliphatic heterocycles. The SMILES string of the molecule is CCCC(=O)Nc1cccc(NC(=O)CNc2cccc(C(=O)NCc3ccco3)c2)c1. The fourth-order valence-electron chi connectivity index (χ4n) is 2.97. The number of nitrogens with one attached hydrogen (secondary N) is 4. The van der Waals surface area contributed by atoms with Gasteiger partial charge in [-0.25, -0.2) is 0 Å². The number of rotatable bonds is 10. The number of carbonyl (C=O) groups excluding carboxylic acids is 3. The zero-order valence-electron chi connectivity index (χ0n) is 17.8. The van der Waals surface area contributed by atoms with Crippen molar-refractivity contribution in [3.63, 3.8) is 0 Å². The van der Waals surface area contributed by atoms with Crippen LogP contribution in [0.15, 0.2) is 71.3 Å². The Morgan fingerprint density at radius 2 is 1.56 bits per heavy atom. The van der Waals surface area contributed by atoms with Crippen LogP contribution < -0.4 is 21.3 Å². The number of furan rings is 1. The highest BCUT2D eigenvalue weighted by molar-refractivity contribution is 5.97. The van der Waals surface area contributed by atoms with Gasteiger partial charge in [0.15, 0.2) is 0 Å². The Morgan fingerprint density at radius 3 is 2.28 bits per heavy atom. The van der Waals surface area contributed by atoms with Crippen LogP contribution in [0.3, 0.4) is 0 Å². The van der Waals surface area contributed by atoms with E-state index >= 15 is 0 Å². The molecule has 0 fully saturated rings. The zero-order chi connectivity index (χ0) is 22.8. The van der Waals surface area contributed by atoms with Crippen LogP contribution in [-0.2, 0) is 16.1 Å². The van der Waals surface area contributed by atoms with Crippen molar-refractivity contribution in [2.75, 3.05) is 22.5 Å². The topological polar surface area (TPSA) is 112 Å². The Kier molecular flexibility index (Phi) is 8.02. The average Bonchev–Trinajstić information content (AvgIpc) is 3.30. The molecule has 0 aliphatic carbocycles. The Morgan fingerprint density at radius 1 is 0.844 bits per heavy atom. The number of anilines is 3. The van der Waals surface area contributed by atoms with Gasteiger partial charge < -0.3 is 25.7 Å². The van der Waals surface area contributed by atoms with E-state index in [9.17, 15) is 14.4 Å². The second-order valence-corrected chi connectivity index (χ2v) is 7.12. The molecular formula is C24H26N4O4. The lowest BCUT2D eigenvalue weighted by atomic mass is 10.2. The third-order valence-corrected chi connectivity index (χ3v) is 4.49. The van der Waals surface area contributed by atoms with Gasteiger partial charge in [-0.3, -0.25) is 14.4 Å². The molecule has 1 aromatic heterocycles. The quantitative estimate of drug-likeness (QED) is 0.385. The smallest absolute Gasteiger partial charge is 0.251 e. The van der Waals surface area contributed by atoms with E-state index in [1.165, 1.54) is 0 Å². The summed E-state index contributed by atoms with van der Waals surface area (Å²) < 4.78 is 5.20. The van der Waals surface area contributed by atoms with Crippen molar-refractivity contribution >= 4 is 34.8 Å². The fourth-order valence-corrected chi connectivity index (χ4v) is 2.97. The fraction of sp³-hybridized carbons (Fsp3) is 0.208. The normalized spacial score (nSPS) is 10.3. The second kappa shape index (κ2) is 11.4. The van der Waals surface area contributed by atoms with Gasteiger partial charge in [0.1, 0.15) is 5.76 Å². The summed E-state index contributed by atoms with van der Waals surface area (Å²) in [6, 6.07) is 17.4. The van der Waals surface area contributed by atoms with Gasteiger partial charge in [-0.05, 0) is 55.0 Å². The Hall–Kier alpha value is -4.07. The first-order valence-corrected chi connectivity index (χ1v) is 10.4. The van der Waals surface area contributed by atoms with Gasteiger partial charge in [0.05, 0.1) is 19.4 Å². The lowest BCUT2D eigenvalue weighted by Crippen LogP contribution is -2.23. The average molecular weight is 434 g/mol. The van der Waals surface area contributed by atoms with E-state index in [0.717, 1.165) is 6.42 Å². The van der Waals surface area contributed by atoms with Gasteiger partial charge in [0.25, 0.3) is 5.91 Å². The molecule has 0 bridgehead atoms. The van der Waals surface area contributed by atoms with Crippen molar-refractivity contribution in [3.8, 4) is 0 Å². The maximum absolute atomic E-state index is 12.3. The highest BCUT2D eigenvalue weighted by Crippen LogP contribution is 2.16. The van der Waals surface area contributed by atoms with Gasteiger partial charge in [0.2, 0.25) is 11.8 Å². The predicted octanol–water partition coefficient (Wildman–Crippen LogP) is 4.00. The number of benzene rings is 2. The number of amides is 3. The number of hydrogen-bond donors (Lipinski definition) is 4. The van der Waals surface area contributed by atoms with Crippen LogP contribution in [0.25, 0.3) is 0 Å². The first-order chi connectivity index (χ1) is 15.5. The second-order valence-electron chi connectivity index (χ2n) is 7.12. The van der Waals surface area contributed by atoms with Crippen LogP contribution in [0.5, 0.6) is 0 Å². The summed E-state index contributed by atoms with van der Waals surface area (Å²) in [7, 11) is 0. The summed E-state index contributed by atoms with van der Waals surface area (Å²) in [5.41, 5.74) is 2.32. The lowest BCUT2D eigenvalue weighted by molar-refractivity contribution is -0.116. The molecule has 3 aromatic rings. The van der Waals surface area contributed by atoms with Gasteiger partial charge in [-0.15, -0.1) is 0 Å². The molecule has 1 heterocycles. The minimum atomic E-state index is -0.255. The first kappa shape index (κ1) is 22.6. The van der Waals surface area contributed by atoms with Crippen molar-refractivity contribution in [1.82, 2.24) is 5.32 Å². The maximum Gasteiger partial charge on any atom is 0.251 e. The lowest BCUT2D eigenvalue weighted by Gasteiger charge is -2.11. The molecule has 3 rings (SSSR count). The van der Waals surface area contributed by atoms with Crippen LogP contribution in [0, 0.1) is 0 Å². The third-order valence-electron chi connectivity index (χ3n) is 4.49. The summed E-state index contributed by atoms with van der Waals surface area (Å²) in [6.07, 6.45) is 2.76. The molecule has 0 saturated carbocycles. The Labute approximate surface area is 186 Å². The van der Waals surface area contributed by atoms with Crippen LogP contribution in [0.1, 0.15) is 35.9 Å². The van der Waals surface area contributed by atoms with E-state index in [1.807, 2.05) is 6.92 Å². The van der Waals surface area contributed by atoms with E-state index in [1.54, 1.807) is 66.9 Å². The molecule has 0 unspecified atom stereocenters. The molecule has 0 saturated heterocycles. The molecule has 2 aromatic carbocycles. The molecule has 0 atom stereocenters. The predicted molar refractivity (Wildman–Crippen MR) is 123 cm³/mol. The standard InChI is InChI=1S/C24H26N4O4/c1-2-6-22(29)27-19-9-4-10-20(14-19)28-23(30)16-25-18-8-3-7-17(13-18)24(31)26-15-21-11-5-12-32-21/h3-5,7-14,25H,2,6,15-16H2,1H3,(H,26,31)(H,27,29)(H,28,30). The largest absolute Gasteiger partial charge is 0.467 e. The summed E-state index contributed by atoms with van der Waals surface area (Å²) in [6.45, 7) is 2.25. The zero-order valence-corrected chi connectivity index (χ0v) is 17.8. The molecule has 8 nitrogen and oxygen atoms in total. The van der Waals surface area contributed by atoms with Gasteiger partial charge in [-0.2, -0.15) is 0 Å². The van der Waals surface area contributed by atoms with Crippen molar-refractivity contribution in [1.29, 1.82) is 0 Å². The Bertz CT molecular complexity index is 1060. The summed E-state index contributed by atoms with van der Waals surface area (Å²) in [4.78, 5) is 36.4. The van der Waals surface area contributed by atoms with Gasteiger partial charge in [-0.1, -0.05) is 19.1 Å². The number of hydrogen-bond acceptors (Lipinski definition) is 5. The van der Waals surface area contributed by atoms with E-state index in [2.05, 4.69) is 21.3 Å². The van der Waals surface area contributed by atoms with Crippen molar-refractivity contribution in [2.45, 2.75) is 26.3 Å². The van der Waals surface area contributed by atoms with Crippen molar-refractivity contribution in [3.05, 3.63) is 78.3 Å². The van der Waals surface area contributed by atoms with E-state index in [4.69, 9.17) is 4.42 Å². The summed E-state index contributed by atoms with van der Waals surface area (Å²) in [5, 5.41) is 11.4. The monoisotopic (exact) mass is 434 g/mol. The van der Waals surface area contributed by atoms with E-state index in [-0.39, 0.29) is 24.3 Å². The molecule has 4 N–H and O–H groups in total. The molecule has 32 heavy (non-hydrogen) atoms. The minimum absolute atomic E-state index is 0.0177. The minimum Gasteiger partial charge on any atom is -0.467 e. The van der Waals surface area contributed by atoms with Crippen LogP contribution >= 0.6 is 0 Å². The maximum atomic E-state index is 12.3. The van der Waals surface area contributed by atoms with Crippen molar-refractivity contribution in [2.24, 2.45) is 0 Å². The molecule has 3 amide bonds. The van der Waals surface area contributed by atoms with Crippen LogP contribution in [0.4, 0.5) is 17.1 Å². The third kappa shape index (κ3) is 7.02. The first-order valence-electron chi connectivity index (χ1n) is 10.4. The number of carbonyl (C=O) groups is 3. The summed E-state index contributed by atoms with van der Waals surface area (Å²) >= 11 is 0. The summed E-state index contributed by atoms with van der Waals surface area (Å²) in [5.74, 6) is 0.107. The highest BCUT2D eigenvalue weighted by atomic mass is 16.3. The molecule has 8 heteroatoms. The molecule has 166 valence electrons. The van der Waals surface area contributed by atoms with Gasteiger partial charge in [0, 0.05) is 29.0 Å². The molecule has 0 spiro atoms. The Balaban J connectivity index is 1.50. The van der Waals surface area contributed by atoms with Gasteiger partial charge >= 0.3 is 0 Å². The molecule has 0 radical (unpaired) electrons. The molecule has 0 aliphatic rings. The van der Waals surface area contributed by atoms with E-state index < -0.39 is 0 Å². The molecular weight excluding hydrogens is 408 g/mol. The van der Waals surface area contributed by atoms with E-state index in [0.29, 0.717) is 41.4 Å². The van der Waals surface area contributed by atoms with Crippen LogP contribution in [0.2, 0.25) is 0 Å². The highest BCUT2D eigenvalue weighted by Gasteiger charge is 2.09.